The number of hydrogen-bond acceptors (Lipinski definition) is 3. The van der Waals surface area contributed by atoms with Crippen molar-refractivity contribution >= 4 is 11.7 Å². The van der Waals surface area contributed by atoms with Crippen LogP contribution in [0.3, 0.4) is 0 Å². The number of carbonyl (C=O) groups excluding carboxylic acids is 1. The molecule has 0 radical (unpaired) electrons. The highest BCUT2D eigenvalue weighted by molar-refractivity contribution is 5.89. The second kappa shape index (κ2) is 7.35. The van der Waals surface area contributed by atoms with Crippen LogP contribution in [0, 0.1) is 0 Å². The number of amides is 2. The predicted octanol–water partition coefficient (Wildman–Crippen LogP) is 2.91. The van der Waals surface area contributed by atoms with Gasteiger partial charge in [-0.3, -0.25) is 0 Å². The Morgan fingerprint density at radius 1 is 1.23 bits per heavy atom. The van der Waals surface area contributed by atoms with Crippen LogP contribution in [0.25, 0.3) is 0 Å². The third kappa shape index (κ3) is 7.16. The van der Waals surface area contributed by atoms with Crippen molar-refractivity contribution in [2.45, 2.75) is 32.0 Å². The van der Waals surface area contributed by atoms with Gasteiger partial charge in [0.05, 0.1) is 0 Å². The fourth-order valence-corrected chi connectivity index (χ4v) is 1.61. The number of alkyl halides is 3. The molecule has 0 atom stereocenters. The van der Waals surface area contributed by atoms with Crippen LogP contribution in [0.4, 0.5) is 23.7 Å². The zero-order chi connectivity index (χ0) is 16.8. The number of anilines is 1. The number of aliphatic hydroxyl groups is 1. The maximum absolute atomic E-state index is 12.0. The van der Waals surface area contributed by atoms with E-state index >= 15 is 0 Å². The molecule has 0 aliphatic heterocycles. The first-order chi connectivity index (χ1) is 10.1. The van der Waals surface area contributed by atoms with Gasteiger partial charge in [-0.25, -0.2) is 4.79 Å². The van der Waals surface area contributed by atoms with E-state index in [4.69, 9.17) is 5.11 Å². The van der Waals surface area contributed by atoms with E-state index in [9.17, 15) is 18.0 Å². The van der Waals surface area contributed by atoms with E-state index < -0.39 is 24.4 Å². The summed E-state index contributed by atoms with van der Waals surface area (Å²) in [4.78, 5) is 11.8. The average Bonchev–Trinajstić information content (AvgIpc) is 2.36. The molecule has 0 saturated carbocycles. The SMILES string of the molecule is CC(C)(CCO)NC(=O)Nc1ccc(OCC(F)(F)F)cc1. The summed E-state index contributed by atoms with van der Waals surface area (Å²) in [6.07, 6.45) is -4.00. The average molecular weight is 320 g/mol. The van der Waals surface area contributed by atoms with Gasteiger partial charge in [-0.05, 0) is 44.5 Å². The standard InChI is InChI=1S/C14H19F3N2O3/c1-13(2,7-8-20)19-12(21)18-10-3-5-11(6-4-10)22-9-14(15,16)17/h3-6,20H,7-9H2,1-2H3,(H2,18,19,21). The minimum Gasteiger partial charge on any atom is -0.484 e. The molecule has 0 aliphatic carbocycles. The summed E-state index contributed by atoms with van der Waals surface area (Å²) in [5, 5.41) is 14.1. The zero-order valence-electron chi connectivity index (χ0n) is 12.3. The van der Waals surface area contributed by atoms with E-state index in [-0.39, 0.29) is 12.4 Å². The number of urea groups is 1. The Morgan fingerprint density at radius 2 is 1.82 bits per heavy atom. The van der Waals surface area contributed by atoms with Gasteiger partial charge < -0.3 is 20.5 Å². The minimum atomic E-state index is -4.39. The summed E-state index contributed by atoms with van der Waals surface area (Å²) in [6, 6.07) is 5.07. The third-order valence-corrected chi connectivity index (χ3v) is 2.70. The molecule has 3 N–H and O–H groups in total. The van der Waals surface area contributed by atoms with E-state index in [1.54, 1.807) is 13.8 Å². The molecule has 0 aliphatic rings. The monoisotopic (exact) mass is 320 g/mol. The van der Waals surface area contributed by atoms with Crippen LogP contribution in [0.15, 0.2) is 24.3 Å². The lowest BCUT2D eigenvalue weighted by atomic mass is 10.0. The molecule has 8 heteroatoms. The molecule has 22 heavy (non-hydrogen) atoms. The predicted molar refractivity (Wildman–Crippen MR) is 75.9 cm³/mol. The van der Waals surface area contributed by atoms with Crippen molar-refractivity contribution in [3.05, 3.63) is 24.3 Å². The molecule has 0 aromatic heterocycles. The van der Waals surface area contributed by atoms with Crippen molar-refractivity contribution in [1.82, 2.24) is 5.32 Å². The maximum Gasteiger partial charge on any atom is 0.422 e. The topological polar surface area (TPSA) is 70.6 Å². The Hall–Kier alpha value is -1.96. The number of nitrogens with one attached hydrogen (secondary N) is 2. The fraction of sp³-hybridized carbons (Fsp3) is 0.500. The minimum absolute atomic E-state index is 0.0570. The molecule has 0 spiro atoms. The van der Waals surface area contributed by atoms with E-state index in [1.165, 1.54) is 24.3 Å². The van der Waals surface area contributed by atoms with Crippen LogP contribution >= 0.6 is 0 Å². The number of aliphatic hydroxyl groups excluding tert-OH is 1. The van der Waals surface area contributed by atoms with Crippen LogP contribution in [-0.4, -0.2) is 36.1 Å². The number of benzene rings is 1. The molecule has 124 valence electrons. The van der Waals surface area contributed by atoms with E-state index in [0.29, 0.717) is 12.1 Å². The first-order valence-corrected chi connectivity index (χ1v) is 6.61. The summed E-state index contributed by atoms with van der Waals surface area (Å²) in [5.74, 6) is 0.0592. The number of rotatable bonds is 6. The number of halogens is 3. The Bertz CT molecular complexity index is 487. The summed E-state index contributed by atoms with van der Waals surface area (Å²) in [7, 11) is 0. The molecule has 0 unspecified atom stereocenters. The van der Waals surface area contributed by atoms with Crippen molar-refractivity contribution in [2.24, 2.45) is 0 Å². The summed E-state index contributed by atoms with van der Waals surface area (Å²) in [5.41, 5.74) is -0.161. The van der Waals surface area contributed by atoms with Crippen LogP contribution in [0.1, 0.15) is 20.3 Å². The second-order valence-corrected chi connectivity index (χ2v) is 5.36. The molecule has 0 heterocycles. The molecule has 0 fully saturated rings. The maximum atomic E-state index is 12.0. The highest BCUT2D eigenvalue weighted by atomic mass is 19.4. The molecular formula is C14H19F3N2O3. The number of carbonyl (C=O) groups is 1. The summed E-state index contributed by atoms with van der Waals surface area (Å²) >= 11 is 0. The highest BCUT2D eigenvalue weighted by Crippen LogP contribution is 2.20. The molecule has 0 saturated heterocycles. The zero-order valence-corrected chi connectivity index (χ0v) is 12.3. The van der Waals surface area contributed by atoms with Gasteiger partial charge in [-0.2, -0.15) is 13.2 Å². The van der Waals surface area contributed by atoms with Crippen molar-refractivity contribution in [2.75, 3.05) is 18.5 Å². The van der Waals surface area contributed by atoms with Gasteiger partial charge in [-0.15, -0.1) is 0 Å². The van der Waals surface area contributed by atoms with E-state index in [2.05, 4.69) is 15.4 Å². The second-order valence-electron chi connectivity index (χ2n) is 5.36. The Kier molecular flexibility index (Phi) is 6.04. The van der Waals surface area contributed by atoms with Gasteiger partial charge in [0.1, 0.15) is 5.75 Å². The van der Waals surface area contributed by atoms with Crippen LogP contribution in [-0.2, 0) is 0 Å². The van der Waals surface area contributed by atoms with Crippen LogP contribution in [0.2, 0.25) is 0 Å². The lowest BCUT2D eigenvalue weighted by Crippen LogP contribution is -2.46. The first-order valence-electron chi connectivity index (χ1n) is 6.61. The summed E-state index contributed by atoms with van der Waals surface area (Å²) < 4.78 is 40.6. The van der Waals surface area contributed by atoms with Gasteiger partial charge >= 0.3 is 12.2 Å². The van der Waals surface area contributed by atoms with Crippen molar-refractivity contribution < 1.29 is 27.8 Å². The summed E-state index contributed by atoms with van der Waals surface area (Å²) in [6.45, 7) is 2.10. The van der Waals surface area contributed by atoms with Crippen molar-refractivity contribution in [3.8, 4) is 5.75 Å². The lowest BCUT2D eigenvalue weighted by molar-refractivity contribution is -0.153. The van der Waals surface area contributed by atoms with Crippen molar-refractivity contribution in [3.63, 3.8) is 0 Å². The Balaban J connectivity index is 2.52. The van der Waals surface area contributed by atoms with Crippen LogP contribution < -0.4 is 15.4 Å². The lowest BCUT2D eigenvalue weighted by Gasteiger charge is -2.25. The Morgan fingerprint density at radius 3 is 2.32 bits per heavy atom. The number of ether oxygens (including phenoxy) is 1. The van der Waals surface area contributed by atoms with Gasteiger partial charge in [-0.1, -0.05) is 0 Å². The quantitative estimate of drug-likeness (QED) is 0.755. The van der Waals surface area contributed by atoms with Crippen molar-refractivity contribution in [1.29, 1.82) is 0 Å². The van der Waals surface area contributed by atoms with Gasteiger partial charge in [0.15, 0.2) is 6.61 Å². The third-order valence-electron chi connectivity index (χ3n) is 2.70. The molecule has 2 amide bonds. The van der Waals surface area contributed by atoms with Gasteiger partial charge in [0.25, 0.3) is 0 Å². The smallest absolute Gasteiger partial charge is 0.422 e. The normalized spacial score (nSPS) is 11.9. The number of hydrogen-bond donors (Lipinski definition) is 3. The molecule has 1 aromatic rings. The van der Waals surface area contributed by atoms with Crippen LogP contribution in [0.5, 0.6) is 5.75 Å². The Labute approximate surface area is 126 Å². The van der Waals surface area contributed by atoms with E-state index in [0.717, 1.165) is 0 Å². The first kappa shape index (κ1) is 18.1. The molecule has 1 aromatic carbocycles. The van der Waals surface area contributed by atoms with Gasteiger partial charge in [0.2, 0.25) is 0 Å². The van der Waals surface area contributed by atoms with E-state index in [1.807, 2.05) is 0 Å². The molecule has 0 bridgehead atoms. The fourth-order valence-electron chi connectivity index (χ4n) is 1.61. The largest absolute Gasteiger partial charge is 0.484 e. The molecular weight excluding hydrogens is 301 g/mol. The highest BCUT2D eigenvalue weighted by Gasteiger charge is 2.28. The molecule has 1 rings (SSSR count). The molecule has 5 nitrogen and oxygen atoms in total. The van der Waals surface area contributed by atoms with Gasteiger partial charge in [0, 0.05) is 17.8 Å².